The van der Waals surface area contributed by atoms with Crippen LogP contribution in [0, 0.1) is 22.7 Å². The fourth-order valence-electron chi connectivity index (χ4n) is 7.66. The van der Waals surface area contributed by atoms with E-state index in [9.17, 15) is 10.5 Å². The number of nitriles is 2. The van der Waals surface area contributed by atoms with E-state index in [-0.39, 0.29) is 0 Å². The lowest BCUT2D eigenvalue weighted by atomic mass is 9.99. The molecule has 0 saturated heterocycles. The SMILES string of the molecule is N#Cc1cc(-c2cc(C#N)cc(-n3c4ccccc4c4c5sc6ccccc6c5ccc43)c2)cc(-n2c3ccccc3c3ccccc32)c1. The normalized spacial score (nSPS) is 11.6. The van der Waals surface area contributed by atoms with Crippen LogP contribution in [0.2, 0.25) is 0 Å². The average Bonchev–Trinajstić information content (AvgIpc) is 3.82. The van der Waals surface area contributed by atoms with Gasteiger partial charge in [-0.15, -0.1) is 11.3 Å². The first-order valence-electron chi connectivity index (χ1n) is 16.1. The molecular weight excluding hydrogens is 617 g/mol. The summed E-state index contributed by atoms with van der Waals surface area (Å²) in [7, 11) is 0. The number of benzene rings is 7. The third-order valence-electron chi connectivity index (χ3n) is 9.70. The second kappa shape index (κ2) is 10.4. The second-order valence-corrected chi connectivity index (χ2v) is 13.5. The van der Waals surface area contributed by atoms with Gasteiger partial charge in [-0.05, 0) is 77.9 Å². The van der Waals surface area contributed by atoms with Crippen molar-refractivity contribution < 1.29 is 0 Å². The Labute approximate surface area is 285 Å². The van der Waals surface area contributed by atoms with E-state index in [0.717, 1.165) is 55.3 Å². The molecule has 0 amide bonds. The third-order valence-corrected chi connectivity index (χ3v) is 10.9. The first-order valence-corrected chi connectivity index (χ1v) is 16.9. The molecule has 0 unspecified atom stereocenters. The number of hydrogen-bond acceptors (Lipinski definition) is 3. The van der Waals surface area contributed by atoms with Crippen molar-refractivity contribution in [3.63, 3.8) is 0 Å². The number of aromatic nitrogens is 2. The van der Waals surface area contributed by atoms with Crippen molar-refractivity contribution in [1.29, 1.82) is 10.5 Å². The van der Waals surface area contributed by atoms with Crippen molar-refractivity contribution in [2.75, 3.05) is 0 Å². The molecule has 0 radical (unpaired) electrons. The van der Waals surface area contributed by atoms with E-state index in [1.165, 1.54) is 30.9 Å². The van der Waals surface area contributed by atoms with Gasteiger partial charge in [0.1, 0.15) is 0 Å². The largest absolute Gasteiger partial charge is 0.309 e. The number of nitrogens with zero attached hydrogens (tertiary/aromatic N) is 4. The fraction of sp³-hybridized carbons (Fsp3) is 0. The summed E-state index contributed by atoms with van der Waals surface area (Å²) in [6.45, 7) is 0. The van der Waals surface area contributed by atoms with Crippen LogP contribution in [-0.4, -0.2) is 9.13 Å². The molecule has 5 heteroatoms. The van der Waals surface area contributed by atoms with Gasteiger partial charge >= 0.3 is 0 Å². The number of hydrogen-bond donors (Lipinski definition) is 0. The average molecular weight is 641 g/mol. The van der Waals surface area contributed by atoms with E-state index in [1.54, 1.807) is 0 Å². The summed E-state index contributed by atoms with van der Waals surface area (Å²) in [4.78, 5) is 0. The van der Waals surface area contributed by atoms with E-state index in [0.29, 0.717) is 11.1 Å². The highest BCUT2D eigenvalue weighted by Crippen LogP contribution is 2.44. The fourth-order valence-corrected chi connectivity index (χ4v) is 8.92. The van der Waals surface area contributed by atoms with E-state index in [4.69, 9.17) is 0 Å². The van der Waals surface area contributed by atoms with Crippen LogP contribution >= 0.6 is 11.3 Å². The minimum Gasteiger partial charge on any atom is -0.309 e. The molecule has 0 N–H and O–H groups in total. The topological polar surface area (TPSA) is 57.4 Å². The second-order valence-electron chi connectivity index (χ2n) is 12.4. The summed E-state index contributed by atoms with van der Waals surface area (Å²) in [5.74, 6) is 0. The molecular formula is C44H24N4S. The van der Waals surface area contributed by atoms with Gasteiger partial charge in [-0.25, -0.2) is 0 Å². The Kier molecular flexibility index (Phi) is 5.84. The van der Waals surface area contributed by atoms with Gasteiger partial charge in [0.05, 0.1) is 45.3 Å². The molecule has 0 fully saturated rings. The van der Waals surface area contributed by atoms with Gasteiger partial charge in [0.15, 0.2) is 0 Å². The Morgan fingerprint density at radius 2 is 0.918 bits per heavy atom. The Bertz CT molecular complexity index is 3030. The van der Waals surface area contributed by atoms with Crippen LogP contribution in [0.25, 0.3) is 86.3 Å². The van der Waals surface area contributed by atoms with Crippen molar-refractivity contribution >= 4 is 75.1 Å². The lowest BCUT2D eigenvalue weighted by Gasteiger charge is -2.14. The summed E-state index contributed by atoms with van der Waals surface area (Å²) >= 11 is 1.83. The van der Waals surface area contributed by atoms with Crippen molar-refractivity contribution in [1.82, 2.24) is 9.13 Å². The molecule has 7 aromatic carbocycles. The summed E-state index contributed by atoms with van der Waals surface area (Å²) in [6, 6.07) is 55.2. The first-order chi connectivity index (χ1) is 24.2. The minimum absolute atomic E-state index is 0.558. The van der Waals surface area contributed by atoms with Gasteiger partial charge in [0, 0.05) is 53.1 Å². The Balaban J connectivity index is 1.23. The van der Waals surface area contributed by atoms with E-state index in [1.807, 2.05) is 47.7 Å². The molecule has 0 aliphatic carbocycles. The molecule has 0 aliphatic heterocycles. The molecule has 3 heterocycles. The molecule has 10 aromatic rings. The van der Waals surface area contributed by atoms with E-state index in [2.05, 4.69) is 130 Å². The molecule has 49 heavy (non-hydrogen) atoms. The van der Waals surface area contributed by atoms with Crippen LogP contribution in [0.3, 0.4) is 0 Å². The predicted molar refractivity (Wildman–Crippen MR) is 203 cm³/mol. The van der Waals surface area contributed by atoms with Crippen LogP contribution < -0.4 is 0 Å². The van der Waals surface area contributed by atoms with Gasteiger partial charge in [-0.3, -0.25) is 0 Å². The summed E-state index contributed by atoms with van der Waals surface area (Å²) in [5, 5.41) is 27.8. The van der Waals surface area contributed by atoms with Gasteiger partial charge in [0.2, 0.25) is 0 Å². The highest BCUT2D eigenvalue weighted by molar-refractivity contribution is 7.26. The number of thiophene rings is 1. The van der Waals surface area contributed by atoms with Crippen molar-refractivity contribution in [2.45, 2.75) is 0 Å². The van der Waals surface area contributed by atoms with Crippen LogP contribution in [0.5, 0.6) is 0 Å². The summed E-state index contributed by atoms with van der Waals surface area (Å²) < 4.78 is 7.04. The molecule has 3 aromatic heterocycles. The number of para-hydroxylation sites is 3. The predicted octanol–water partition coefficient (Wildman–Crippen LogP) is 11.7. The first kappa shape index (κ1) is 27.5. The lowest BCUT2D eigenvalue weighted by Crippen LogP contribution is -1.98. The van der Waals surface area contributed by atoms with Crippen LogP contribution in [0.1, 0.15) is 11.1 Å². The highest BCUT2D eigenvalue weighted by atomic mass is 32.1. The highest BCUT2D eigenvalue weighted by Gasteiger charge is 2.19. The molecule has 0 saturated carbocycles. The van der Waals surface area contributed by atoms with Crippen LogP contribution in [0.15, 0.2) is 146 Å². The molecule has 0 bridgehead atoms. The van der Waals surface area contributed by atoms with Gasteiger partial charge < -0.3 is 9.13 Å². The zero-order chi connectivity index (χ0) is 32.6. The Morgan fingerprint density at radius 1 is 0.429 bits per heavy atom. The standard InChI is InChI=1S/C44H24N4S/c45-25-27-19-29(23-31(21-27)47-38-13-5-1-9-33(38)34-10-2-6-14-39(34)47)30-20-28(26-46)22-32(24-30)48-40-15-7-3-12-37(40)43-41(48)18-17-36-35-11-4-8-16-42(35)49-44(36)43/h1-24H. The Hall–Kier alpha value is -6.66. The van der Waals surface area contributed by atoms with Crippen LogP contribution in [0.4, 0.5) is 0 Å². The van der Waals surface area contributed by atoms with Crippen molar-refractivity contribution in [2.24, 2.45) is 0 Å². The molecule has 4 nitrogen and oxygen atoms in total. The quantitative estimate of drug-likeness (QED) is 0.193. The number of rotatable bonds is 3. The van der Waals surface area contributed by atoms with Crippen molar-refractivity contribution in [3.8, 4) is 34.6 Å². The minimum atomic E-state index is 0.558. The van der Waals surface area contributed by atoms with Gasteiger partial charge in [-0.2, -0.15) is 10.5 Å². The van der Waals surface area contributed by atoms with E-state index >= 15 is 0 Å². The smallest absolute Gasteiger partial charge is 0.0992 e. The molecule has 226 valence electrons. The lowest BCUT2D eigenvalue weighted by molar-refractivity contribution is 1.17. The van der Waals surface area contributed by atoms with Gasteiger partial charge in [-0.1, -0.05) is 78.9 Å². The number of fused-ring (bicyclic) bond motifs is 10. The Morgan fingerprint density at radius 3 is 1.51 bits per heavy atom. The summed E-state index contributed by atoms with van der Waals surface area (Å²) in [6.07, 6.45) is 0. The molecule has 0 atom stereocenters. The maximum absolute atomic E-state index is 10.3. The zero-order valence-corrected chi connectivity index (χ0v) is 26.9. The maximum Gasteiger partial charge on any atom is 0.0992 e. The van der Waals surface area contributed by atoms with Crippen LogP contribution in [-0.2, 0) is 0 Å². The summed E-state index contributed by atoms with van der Waals surface area (Å²) in [5.41, 5.74) is 9.01. The molecule has 0 aliphatic rings. The van der Waals surface area contributed by atoms with E-state index < -0.39 is 0 Å². The van der Waals surface area contributed by atoms with Gasteiger partial charge in [0.25, 0.3) is 0 Å². The maximum atomic E-state index is 10.3. The molecule has 0 spiro atoms. The van der Waals surface area contributed by atoms with Crippen molar-refractivity contribution in [3.05, 3.63) is 157 Å². The monoisotopic (exact) mass is 640 g/mol. The third kappa shape index (κ3) is 4.01. The molecule has 10 rings (SSSR count). The zero-order valence-electron chi connectivity index (χ0n) is 26.1.